The Hall–Kier alpha value is -1.51. The summed E-state index contributed by atoms with van der Waals surface area (Å²) in [4.78, 5) is 12.0. The Morgan fingerprint density at radius 1 is 1.68 bits per heavy atom. The molecule has 0 fully saturated rings. The molecule has 5 nitrogen and oxygen atoms in total. The molecule has 6 heteroatoms. The van der Waals surface area contributed by atoms with Crippen LogP contribution in [-0.2, 0) is 6.54 Å². The van der Waals surface area contributed by atoms with Crippen LogP contribution in [0, 0.1) is 18.3 Å². The van der Waals surface area contributed by atoms with Crippen LogP contribution >= 0.6 is 11.6 Å². The average molecular weight is 284 g/mol. The molecule has 0 spiro atoms. The van der Waals surface area contributed by atoms with Crippen LogP contribution in [0.15, 0.2) is 11.0 Å². The van der Waals surface area contributed by atoms with Crippen molar-refractivity contribution in [2.24, 2.45) is 5.92 Å². The van der Waals surface area contributed by atoms with E-state index in [0.29, 0.717) is 18.7 Å². The van der Waals surface area contributed by atoms with Crippen LogP contribution < -0.4 is 10.9 Å². The van der Waals surface area contributed by atoms with Gasteiger partial charge in [-0.1, -0.05) is 30.9 Å². The summed E-state index contributed by atoms with van der Waals surface area (Å²) in [6.45, 7) is 2.85. The number of anilines is 1. The number of aromatic nitrogens is 2. The lowest BCUT2D eigenvalue weighted by Crippen LogP contribution is -2.27. The molecule has 0 aliphatic heterocycles. The van der Waals surface area contributed by atoms with Crippen molar-refractivity contribution in [2.75, 3.05) is 18.5 Å². The fourth-order valence-corrected chi connectivity index (χ4v) is 1.90. The highest BCUT2D eigenvalue weighted by Gasteiger charge is 2.12. The van der Waals surface area contributed by atoms with Gasteiger partial charge in [-0.3, -0.25) is 4.79 Å². The summed E-state index contributed by atoms with van der Waals surface area (Å²) in [5.74, 6) is 2.65. The van der Waals surface area contributed by atoms with Crippen LogP contribution in [0.25, 0.3) is 0 Å². The zero-order chi connectivity index (χ0) is 14.3. The van der Waals surface area contributed by atoms with Crippen LogP contribution in [-0.4, -0.2) is 28.0 Å². The second-order valence-electron chi connectivity index (χ2n) is 4.20. The van der Waals surface area contributed by atoms with Crippen molar-refractivity contribution in [3.8, 4) is 12.3 Å². The van der Waals surface area contributed by atoms with E-state index in [1.165, 1.54) is 10.9 Å². The summed E-state index contributed by atoms with van der Waals surface area (Å²) < 4.78 is 1.18. The predicted octanol–water partition coefficient (Wildman–Crippen LogP) is 1.35. The molecule has 19 heavy (non-hydrogen) atoms. The highest BCUT2D eigenvalue weighted by molar-refractivity contribution is 6.32. The Balaban J connectivity index is 2.86. The first-order valence-corrected chi connectivity index (χ1v) is 6.55. The van der Waals surface area contributed by atoms with Crippen molar-refractivity contribution < 1.29 is 5.11 Å². The molecule has 1 rings (SSSR count). The zero-order valence-corrected chi connectivity index (χ0v) is 11.7. The van der Waals surface area contributed by atoms with Gasteiger partial charge in [0.15, 0.2) is 0 Å². The quantitative estimate of drug-likeness (QED) is 0.742. The monoisotopic (exact) mass is 283 g/mol. The summed E-state index contributed by atoms with van der Waals surface area (Å²) in [6.07, 6.45) is 8.17. The van der Waals surface area contributed by atoms with Gasteiger partial charge in [0.2, 0.25) is 0 Å². The van der Waals surface area contributed by atoms with E-state index in [0.717, 1.165) is 6.42 Å². The highest BCUT2D eigenvalue weighted by Crippen LogP contribution is 2.16. The molecule has 0 aliphatic carbocycles. The summed E-state index contributed by atoms with van der Waals surface area (Å²) in [7, 11) is 0. The molecule has 0 amide bonds. The maximum atomic E-state index is 12.0. The average Bonchev–Trinajstić information content (AvgIpc) is 2.40. The van der Waals surface area contributed by atoms with Gasteiger partial charge in [0.1, 0.15) is 12.2 Å². The van der Waals surface area contributed by atoms with E-state index in [1.54, 1.807) is 0 Å². The first-order chi connectivity index (χ1) is 9.13. The Labute approximate surface area is 117 Å². The third kappa shape index (κ3) is 4.27. The number of nitrogens with zero attached hydrogens (tertiary/aromatic N) is 2. The van der Waals surface area contributed by atoms with Crippen LogP contribution in [0.2, 0.25) is 5.02 Å². The minimum atomic E-state index is -0.329. The lowest BCUT2D eigenvalue weighted by Gasteiger charge is -2.16. The fraction of sp³-hybridized carbons (Fsp3) is 0.538. The standard InChI is InChI=1S/C13H18ClN3O2/c1-3-6-17-13(19)12(11(14)9-16-17)15-8-10(4-2)5-7-18/h1,9-10,15,18H,4-8H2,2H3. The molecule has 1 aromatic heterocycles. The number of aliphatic hydroxyl groups excluding tert-OH is 1. The molecule has 0 bridgehead atoms. The van der Waals surface area contributed by atoms with Gasteiger partial charge in [0, 0.05) is 13.2 Å². The maximum Gasteiger partial charge on any atom is 0.292 e. The molecule has 104 valence electrons. The minimum absolute atomic E-state index is 0.110. The second-order valence-corrected chi connectivity index (χ2v) is 4.61. The Morgan fingerprint density at radius 2 is 2.42 bits per heavy atom. The molecule has 1 aromatic rings. The number of halogens is 1. The van der Waals surface area contributed by atoms with Crippen molar-refractivity contribution in [2.45, 2.75) is 26.3 Å². The smallest absolute Gasteiger partial charge is 0.292 e. The number of rotatable bonds is 7. The molecule has 0 radical (unpaired) electrons. The minimum Gasteiger partial charge on any atom is -0.396 e. The summed E-state index contributed by atoms with van der Waals surface area (Å²) in [6, 6.07) is 0. The number of nitrogens with one attached hydrogen (secondary N) is 1. The molecule has 0 saturated heterocycles. The third-order valence-electron chi connectivity index (χ3n) is 2.92. The third-order valence-corrected chi connectivity index (χ3v) is 3.21. The molecule has 0 saturated carbocycles. The van der Waals surface area contributed by atoms with Gasteiger partial charge < -0.3 is 10.4 Å². The van der Waals surface area contributed by atoms with Gasteiger partial charge in [-0.2, -0.15) is 5.10 Å². The van der Waals surface area contributed by atoms with Crippen LogP contribution in [0.5, 0.6) is 0 Å². The summed E-state index contributed by atoms with van der Waals surface area (Å²) in [5.41, 5.74) is -0.0207. The number of hydrogen-bond acceptors (Lipinski definition) is 4. The topological polar surface area (TPSA) is 67.2 Å². The molecule has 2 N–H and O–H groups in total. The van der Waals surface area contributed by atoms with E-state index in [-0.39, 0.29) is 29.7 Å². The SMILES string of the molecule is C#CCn1ncc(Cl)c(NCC(CC)CCO)c1=O. The van der Waals surface area contributed by atoms with Crippen LogP contribution in [0.1, 0.15) is 19.8 Å². The van der Waals surface area contributed by atoms with E-state index in [1.807, 2.05) is 6.92 Å². The molecule has 1 atom stereocenters. The fourth-order valence-electron chi connectivity index (χ4n) is 1.71. The van der Waals surface area contributed by atoms with Crippen molar-refractivity contribution in [3.63, 3.8) is 0 Å². The van der Waals surface area contributed by atoms with Crippen molar-refractivity contribution in [3.05, 3.63) is 21.6 Å². The maximum absolute atomic E-state index is 12.0. The van der Waals surface area contributed by atoms with E-state index < -0.39 is 0 Å². The normalized spacial score (nSPS) is 11.9. The second kappa shape index (κ2) is 7.82. The summed E-state index contributed by atoms with van der Waals surface area (Å²) >= 11 is 5.97. The van der Waals surface area contributed by atoms with Gasteiger partial charge in [-0.05, 0) is 12.3 Å². The lowest BCUT2D eigenvalue weighted by molar-refractivity contribution is 0.258. The van der Waals surface area contributed by atoms with Gasteiger partial charge >= 0.3 is 0 Å². The Morgan fingerprint density at radius 3 is 3.00 bits per heavy atom. The first kappa shape index (κ1) is 15.5. The van der Waals surface area contributed by atoms with Crippen molar-refractivity contribution >= 4 is 17.3 Å². The van der Waals surface area contributed by atoms with E-state index in [9.17, 15) is 4.79 Å². The summed E-state index contributed by atoms with van der Waals surface area (Å²) in [5, 5.41) is 16.1. The molecule has 1 heterocycles. The number of terminal acetylenes is 1. The molecular formula is C13H18ClN3O2. The number of aliphatic hydroxyl groups is 1. The Kier molecular flexibility index (Phi) is 6.40. The molecule has 0 aromatic carbocycles. The largest absolute Gasteiger partial charge is 0.396 e. The zero-order valence-electron chi connectivity index (χ0n) is 10.9. The van der Waals surface area contributed by atoms with Gasteiger partial charge in [0.05, 0.1) is 11.2 Å². The first-order valence-electron chi connectivity index (χ1n) is 6.17. The van der Waals surface area contributed by atoms with Crippen molar-refractivity contribution in [1.29, 1.82) is 0 Å². The van der Waals surface area contributed by atoms with Crippen molar-refractivity contribution in [1.82, 2.24) is 9.78 Å². The predicted molar refractivity (Wildman–Crippen MR) is 76.3 cm³/mol. The molecule has 0 aliphatic rings. The van der Waals surface area contributed by atoms with Crippen LogP contribution in [0.3, 0.4) is 0 Å². The highest BCUT2D eigenvalue weighted by atomic mass is 35.5. The van der Waals surface area contributed by atoms with Gasteiger partial charge in [-0.15, -0.1) is 6.42 Å². The van der Waals surface area contributed by atoms with Crippen LogP contribution in [0.4, 0.5) is 5.69 Å². The van der Waals surface area contributed by atoms with Gasteiger partial charge in [0.25, 0.3) is 5.56 Å². The lowest BCUT2D eigenvalue weighted by atomic mass is 10.0. The van der Waals surface area contributed by atoms with E-state index in [4.69, 9.17) is 23.1 Å². The molecule has 1 unspecified atom stereocenters. The van der Waals surface area contributed by atoms with Gasteiger partial charge in [-0.25, -0.2) is 4.68 Å². The Bertz CT molecular complexity index is 508. The number of hydrogen-bond donors (Lipinski definition) is 2. The van der Waals surface area contributed by atoms with E-state index >= 15 is 0 Å². The van der Waals surface area contributed by atoms with E-state index in [2.05, 4.69) is 16.3 Å². The molecular weight excluding hydrogens is 266 g/mol.